The van der Waals surface area contributed by atoms with E-state index in [9.17, 15) is 19.2 Å². The van der Waals surface area contributed by atoms with Crippen LogP contribution in [0.1, 0.15) is 28.1 Å². The lowest BCUT2D eigenvalue weighted by atomic mass is 9.82. The highest BCUT2D eigenvalue weighted by Crippen LogP contribution is 2.39. The normalized spacial score (nSPS) is 21.6. The molecule has 1 aromatic carbocycles. The first-order valence-corrected chi connectivity index (χ1v) is 11.1. The highest BCUT2D eigenvalue weighted by atomic mass is 16.5. The molecule has 2 saturated heterocycles. The fourth-order valence-corrected chi connectivity index (χ4v) is 4.96. The number of pyridine rings is 1. The van der Waals surface area contributed by atoms with Gasteiger partial charge in [0.25, 0.3) is 5.91 Å². The number of amides is 5. The van der Waals surface area contributed by atoms with E-state index in [1.54, 1.807) is 35.2 Å². The molecule has 6 rings (SSSR count). The van der Waals surface area contributed by atoms with Crippen molar-refractivity contribution in [1.82, 2.24) is 20.5 Å². The molecule has 2 aromatic heterocycles. The van der Waals surface area contributed by atoms with Crippen molar-refractivity contribution in [3.63, 3.8) is 0 Å². The van der Waals surface area contributed by atoms with Gasteiger partial charge in [-0.25, -0.2) is 9.78 Å². The number of nitrogens with zero attached hydrogens (tertiary/aromatic N) is 3. The number of nitrogens with one attached hydrogen (secondary N) is 2. The lowest BCUT2D eigenvalue weighted by Crippen LogP contribution is -2.46. The first-order chi connectivity index (χ1) is 16.9. The number of carbonyl (C=O) groups is 4. The number of rotatable bonds is 5. The van der Waals surface area contributed by atoms with Crippen molar-refractivity contribution >= 4 is 40.7 Å². The predicted octanol–water partition coefficient (Wildman–Crippen LogP) is 1.31. The van der Waals surface area contributed by atoms with E-state index in [0.29, 0.717) is 47.9 Å². The minimum atomic E-state index is -1.40. The standard InChI is InChI=1S/C24H21N5O6/c1-34-14-3-2-13-11-28(21(31)15(13)8-14)12-24(10-20(30)27-22(24)32)18-9-16-17(35-18)4-5-19(26-16)29-7-6-25-23(29)33/h2-5,8-9H,6-7,10-12H2,1H3,(H,25,33)(H,27,30,32)/t24-/m1/s1. The predicted molar refractivity (Wildman–Crippen MR) is 122 cm³/mol. The Labute approximate surface area is 199 Å². The Kier molecular flexibility index (Phi) is 4.56. The van der Waals surface area contributed by atoms with E-state index < -0.39 is 17.2 Å². The highest BCUT2D eigenvalue weighted by molar-refractivity contribution is 6.10. The molecule has 5 heterocycles. The van der Waals surface area contributed by atoms with E-state index in [1.807, 2.05) is 6.07 Å². The Balaban J connectivity index is 1.37. The van der Waals surface area contributed by atoms with E-state index in [-0.39, 0.29) is 30.7 Å². The molecule has 0 saturated carbocycles. The Bertz CT molecular complexity index is 1430. The molecule has 0 unspecified atom stereocenters. The largest absolute Gasteiger partial charge is 0.497 e. The average Bonchev–Trinajstić information content (AvgIpc) is 3.60. The first kappa shape index (κ1) is 21.1. The quantitative estimate of drug-likeness (QED) is 0.532. The van der Waals surface area contributed by atoms with Gasteiger partial charge in [-0.05, 0) is 29.8 Å². The van der Waals surface area contributed by atoms with Crippen LogP contribution in [-0.2, 0) is 21.5 Å². The van der Waals surface area contributed by atoms with Crippen molar-refractivity contribution < 1.29 is 28.3 Å². The number of benzene rings is 1. The van der Waals surface area contributed by atoms with Gasteiger partial charge in [-0.3, -0.25) is 24.6 Å². The zero-order valence-corrected chi connectivity index (χ0v) is 18.8. The molecule has 2 fully saturated rings. The Hall–Kier alpha value is -4.41. The summed E-state index contributed by atoms with van der Waals surface area (Å²) < 4.78 is 11.3. The van der Waals surface area contributed by atoms with Gasteiger partial charge in [-0.15, -0.1) is 0 Å². The van der Waals surface area contributed by atoms with Crippen LogP contribution >= 0.6 is 0 Å². The second-order valence-corrected chi connectivity index (χ2v) is 8.87. The maximum absolute atomic E-state index is 13.2. The Morgan fingerprint density at radius 3 is 2.71 bits per heavy atom. The van der Waals surface area contributed by atoms with Gasteiger partial charge in [-0.1, -0.05) is 6.07 Å². The second kappa shape index (κ2) is 7.55. The van der Waals surface area contributed by atoms with Gasteiger partial charge in [-0.2, -0.15) is 0 Å². The molecular weight excluding hydrogens is 454 g/mol. The van der Waals surface area contributed by atoms with E-state index >= 15 is 0 Å². The summed E-state index contributed by atoms with van der Waals surface area (Å²) in [5.74, 6) is 0.0497. The summed E-state index contributed by atoms with van der Waals surface area (Å²) >= 11 is 0. The molecule has 1 atom stereocenters. The third-order valence-corrected chi connectivity index (χ3v) is 6.77. The number of carbonyl (C=O) groups excluding carboxylic acids is 4. The SMILES string of the molecule is COc1ccc2c(c1)C(=O)N(C[C@@]1(c3cc4nc(N5CCNC5=O)ccc4o3)CC(=O)NC1=O)C2. The van der Waals surface area contributed by atoms with Crippen LogP contribution in [0.25, 0.3) is 11.1 Å². The van der Waals surface area contributed by atoms with E-state index in [1.165, 1.54) is 12.0 Å². The van der Waals surface area contributed by atoms with Crippen LogP contribution in [0.3, 0.4) is 0 Å². The summed E-state index contributed by atoms with van der Waals surface area (Å²) in [6, 6.07) is 9.99. The molecule has 0 spiro atoms. The third-order valence-electron chi connectivity index (χ3n) is 6.77. The topological polar surface area (TPSA) is 134 Å². The number of ether oxygens (including phenoxy) is 1. The molecule has 11 heteroatoms. The molecule has 5 amide bonds. The molecule has 11 nitrogen and oxygen atoms in total. The summed E-state index contributed by atoms with van der Waals surface area (Å²) in [5.41, 5.74) is 0.782. The fourth-order valence-electron chi connectivity index (χ4n) is 4.96. The van der Waals surface area contributed by atoms with Gasteiger partial charge >= 0.3 is 6.03 Å². The van der Waals surface area contributed by atoms with Gasteiger partial charge in [0.1, 0.15) is 28.3 Å². The summed E-state index contributed by atoms with van der Waals surface area (Å²) in [6.45, 7) is 1.28. The lowest BCUT2D eigenvalue weighted by Gasteiger charge is -2.28. The highest BCUT2D eigenvalue weighted by Gasteiger charge is 2.53. The minimum Gasteiger partial charge on any atom is -0.497 e. The molecule has 35 heavy (non-hydrogen) atoms. The molecule has 178 valence electrons. The van der Waals surface area contributed by atoms with Crippen LogP contribution in [0, 0.1) is 0 Å². The number of urea groups is 1. The number of aromatic nitrogens is 1. The number of hydrogen-bond donors (Lipinski definition) is 2. The van der Waals surface area contributed by atoms with Gasteiger partial charge in [0.2, 0.25) is 11.8 Å². The number of anilines is 1. The number of imide groups is 1. The first-order valence-electron chi connectivity index (χ1n) is 11.1. The van der Waals surface area contributed by atoms with Crippen LogP contribution in [0.2, 0.25) is 0 Å². The third kappa shape index (κ3) is 3.22. The summed E-state index contributed by atoms with van der Waals surface area (Å²) in [6.07, 6.45) is -0.156. The number of hydrogen-bond acceptors (Lipinski definition) is 7. The van der Waals surface area contributed by atoms with E-state index in [0.717, 1.165) is 5.56 Å². The molecule has 0 bridgehead atoms. The summed E-state index contributed by atoms with van der Waals surface area (Å²) in [7, 11) is 1.53. The zero-order valence-electron chi connectivity index (χ0n) is 18.8. The van der Waals surface area contributed by atoms with Crippen LogP contribution in [0.15, 0.2) is 40.8 Å². The molecule has 3 aliphatic rings. The van der Waals surface area contributed by atoms with Gasteiger partial charge in [0.05, 0.1) is 13.5 Å². The average molecular weight is 475 g/mol. The monoisotopic (exact) mass is 475 g/mol. The van der Waals surface area contributed by atoms with Crippen molar-refractivity contribution in [2.24, 2.45) is 0 Å². The van der Waals surface area contributed by atoms with Crippen molar-refractivity contribution in [2.45, 2.75) is 18.4 Å². The molecule has 3 aliphatic heterocycles. The van der Waals surface area contributed by atoms with Crippen molar-refractivity contribution in [1.29, 1.82) is 0 Å². The van der Waals surface area contributed by atoms with E-state index in [2.05, 4.69) is 15.6 Å². The lowest BCUT2D eigenvalue weighted by molar-refractivity contribution is -0.127. The maximum atomic E-state index is 13.2. The van der Waals surface area contributed by atoms with Crippen LogP contribution in [0.4, 0.5) is 10.6 Å². The summed E-state index contributed by atoms with van der Waals surface area (Å²) in [4.78, 5) is 58.3. The number of methoxy groups -OCH3 is 1. The smallest absolute Gasteiger partial charge is 0.323 e. The molecule has 0 aliphatic carbocycles. The number of furan rings is 1. The molecule has 2 N–H and O–H groups in total. The number of fused-ring (bicyclic) bond motifs is 2. The van der Waals surface area contributed by atoms with Gasteiger partial charge < -0.3 is 19.4 Å². The molecule has 0 radical (unpaired) electrons. The van der Waals surface area contributed by atoms with Gasteiger partial charge in [0, 0.05) is 37.8 Å². The van der Waals surface area contributed by atoms with E-state index in [4.69, 9.17) is 9.15 Å². The van der Waals surface area contributed by atoms with Crippen LogP contribution in [-0.4, -0.2) is 60.4 Å². The fraction of sp³-hybridized carbons (Fsp3) is 0.292. The summed E-state index contributed by atoms with van der Waals surface area (Å²) in [5, 5.41) is 5.09. The second-order valence-electron chi connectivity index (χ2n) is 8.87. The molecule has 3 aromatic rings. The van der Waals surface area contributed by atoms with Crippen molar-refractivity contribution in [3.05, 3.63) is 53.3 Å². The maximum Gasteiger partial charge on any atom is 0.323 e. The molecular formula is C24H21N5O6. The van der Waals surface area contributed by atoms with Crippen molar-refractivity contribution in [3.8, 4) is 5.75 Å². The van der Waals surface area contributed by atoms with Crippen LogP contribution in [0.5, 0.6) is 5.75 Å². The van der Waals surface area contributed by atoms with Crippen molar-refractivity contribution in [2.75, 3.05) is 31.6 Å². The van der Waals surface area contributed by atoms with Crippen LogP contribution < -0.4 is 20.3 Å². The van der Waals surface area contributed by atoms with Gasteiger partial charge in [0.15, 0.2) is 5.58 Å². The Morgan fingerprint density at radius 2 is 2.00 bits per heavy atom. The minimum absolute atomic E-state index is 0.0401. The Morgan fingerprint density at radius 1 is 1.14 bits per heavy atom. The zero-order chi connectivity index (χ0) is 24.3.